The Labute approximate surface area is 124 Å². The maximum Gasteiger partial charge on any atom is 0.198 e. The molecule has 0 bridgehead atoms. The van der Waals surface area contributed by atoms with Gasteiger partial charge in [-0.2, -0.15) is 0 Å². The molecule has 0 spiro atoms. The van der Waals surface area contributed by atoms with E-state index in [1.54, 1.807) is 24.3 Å². The average Bonchev–Trinajstić information content (AvgIpc) is 2.91. The Morgan fingerprint density at radius 1 is 1.00 bits per heavy atom. The minimum absolute atomic E-state index is 0.141. The predicted molar refractivity (Wildman–Crippen MR) is 75.1 cm³/mol. The van der Waals surface area contributed by atoms with Crippen LogP contribution in [0.2, 0.25) is 10.3 Å². The summed E-state index contributed by atoms with van der Waals surface area (Å²) in [5, 5.41) is 0.281. The zero-order valence-electron chi connectivity index (χ0n) is 9.98. The lowest BCUT2D eigenvalue weighted by Gasteiger charge is -2.07. The number of benzene rings is 1. The minimum atomic E-state index is -0.384. The predicted octanol–water partition coefficient (Wildman–Crippen LogP) is 4.85. The van der Waals surface area contributed by atoms with E-state index in [9.17, 15) is 4.39 Å². The zero-order valence-corrected chi connectivity index (χ0v) is 11.5. The lowest BCUT2D eigenvalue weighted by molar-refractivity contribution is 0.577. The molecule has 3 aromatic rings. The van der Waals surface area contributed by atoms with Gasteiger partial charge in [0.15, 0.2) is 11.6 Å². The Morgan fingerprint density at radius 3 is 2.35 bits per heavy atom. The van der Waals surface area contributed by atoms with Gasteiger partial charge in [0, 0.05) is 0 Å². The summed E-state index contributed by atoms with van der Waals surface area (Å²) >= 11 is 12.3. The van der Waals surface area contributed by atoms with Crippen LogP contribution in [0.1, 0.15) is 0 Å². The fraction of sp³-hybridized carbons (Fsp3) is 0. The van der Waals surface area contributed by atoms with E-state index in [0.717, 1.165) is 0 Å². The summed E-state index contributed by atoms with van der Waals surface area (Å²) < 4.78 is 18.5. The van der Waals surface area contributed by atoms with E-state index in [2.05, 4.69) is 9.97 Å². The summed E-state index contributed by atoms with van der Waals surface area (Å²) in [4.78, 5) is 8.27. The van der Waals surface area contributed by atoms with Gasteiger partial charge >= 0.3 is 0 Å². The third-order valence-electron chi connectivity index (χ3n) is 2.68. The molecule has 0 saturated heterocycles. The first kappa shape index (κ1) is 13.1. The number of aromatic nitrogens is 2. The van der Waals surface area contributed by atoms with Crippen molar-refractivity contribution in [2.45, 2.75) is 0 Å². The zero-order chi connectivity index (χ0) is 14.1. The number of rotatable bonds is 2. The quantitative estimate of drug-likeness (QED) is 0.635. The highest BCUT2D eigenvalue weighted by Gasteiger charge is 2.16. The Hall–Kier alpha value is -1.91. The third-order valence-corrected chi connectivity index (χ3v) is 3.22. The van der Waals surface area contributed by atoms with Crippen LogP contribution in [0.25, 0.3) is 22.7 Å². The molecule has 2 heterocycles. The molecule has 0 amide bonds. The van der Waals surface area contributed by atoms with Crippen molar-refractivity contribution >= 4 is 23.2 Å². The Morgan fingerprint density at radius 2 is 1.75 bits per heavy atom. The van der Waals surface area contributed by atoms with Crippen molar-refractivity contribution in [3.05, 3.63) is 58.8 Å². The molecule has 0 N–H and O–H groups in total. The van der Waals surface area contributed by atoms with Crippen LogP contribution in [0.4, 0.5) is 4.39 Å². The summed E-state index contributed by atoms with van der Waals surface area (Å²) in [7, 11) is 0. The summed E-state index contributed by atoms with van der Waals surface area (Å²) in [5.74, 6) is 0.356. The van der Waals surface area contributed by atoms with Gasteiger partial charge in [-0.1, -0.05) is 35.3 Å². The van der Waals surface area contributed by atoms with Gasteiger partial charge in [-0.3, -0.25) is 0 Å². The van der Waals surface area contributed by atoms with Gasteiger partial charge in [0.1, 0.15) is 16.1 Å². The molecule has 1 aromatic carbocycles. The highest BCUT2D eigenvalue weighted by Crippen LogP contribution is 2.34. The van der Waals surface area contributed by atoms with Crippen molar-refractivity contribution in [2.24, 2.45) is 0 Å². The SMILES string of the molecule is Fc1cccc(-c2c(Cl)nc(-c3ccco3)nc2Cl)c1. The summed E-state index contributed by atoms with van der Waals surface area (Å²) in [5.41, 5.74) is 0.911. The van der Waals surface area contributed by atoms with Crippen molar-refractivity contribution in [1.29, 1.82) is 0 Å². The number of nitrogens with zero attached hydrogens (tertiary/aromatic N) is 2. The van der Waals surface area contributed by atoms with Crippen LogP contribution < -0.4 is 0 Å². The largest absolute Gasteiger partial charge is 0.461 e. The second-order valence-corrected chi connectivity index (χ2v) is 4.71. The fourth-order valence-corrected chi connectivity index (χ4v) is 2.41. The van der Waals surface area contributed by atoms with Crippen LogP contribution in [-0.2, 0) is 0 Å². The maximum atomic E-state index is 13.3. The van der Waals surface area contributed by atoms with Crippen LogP contribution in [0.3, 0.4) is 0 Å². The van der Waals surface area contributed by atoms with Crippen molar-refractivity contribution in [3.63, 3.8) is 0 Å². The molecule has 0 aliphatic heterocycles. The number of furan rings is 1. The van der Waals surface area contributed by atoms with Crippen LogP contribution in [0, 0.1) is 5.82 Å². The normalized spacial score (nSPS) is 10.8. The number of halogens is 3. The first-order chi connectivity index (χ1) is 9.65. The van der Waals surface area contributed by atoms with Crippen molar-refractivity contribution in [3.8, 4) is 22.7 Å². The van der Waals surface area contributed by atoms with Crippen LogP contribution >= 0.6 is 23.2 Å². The molecule has 0 atom stereocenters. The van der Waals surface area contributed by atoms with E-state index in [-0.39, 0.29) is 21.9 Å². The summed E-state index contributed by atoms with van der Waals surface area (Å²) in [6.45, 7) is 0. The first-order valence-corrected chi connectivity index (χ1v) is 6.43. The second kappa shape index (κ2) is 5.23. The van der Waals surface area contributed by atoms with Crippen molar-refractivity contribution in [1.82, 2.24) is 9.97 Å². The molecule has 20 heavy (non-hydrogen) atoms. The number of hydrogen-bond acceptors (Lipinski definition) is 3. The van der Waals surface area contributed by atoms with E-state index < -0.39 is 0 Å². The lowest BCUT2D eigenvalue weighted by Crippen LogP contribution is -1.94. The maximum absolute atomic E-state index is 13.3. The monoisotopic (exact) mass is 308 g/mol. The van der Waals surface area contributed by atoms with Crippen molar-refractivity contribution in [2.75, 3.05) is 0 Å². The molecule has 2 aromatic heterocycles. The van der Waals surface area contributed by atoms with E-state index in [1.807, 2.05) is 0 Å². The van der Waals surface area contributed by atoms with E-state index in [0.29, 0.717) is 16.9 Å². The molecule has 0 saturated carbocycles. The molecule has 0 unspecified atom stereocenters. The minimum Gasteiger partial charge on any atom is -0.461 e. The lowest BCUT2D eigenvalue weighted by atomic mass is 10.1. The molecule has 100 valence electrons. The first-order valence-electron chi connectivity index (χ1n) is 5.68. The Balaban J connectivity index is 2.14. The van der Waals surface area contributed by atoms with Gasteiger partial charge in [-0.15, -0.1) is 0 Å². The van der Waals surface area contributed by atoms with Gasteiger partial charge in [0.05, 0.1) is 11.8 Å². The molecule has 6 heteroatoms. The molecule has 3 nitrogen and oxygen atoms in total. The summed E-state index contributed by atoms with van der Waals surface area (Å²) in [6, 6.07) is 9.32. The second-order valence-electron chi connectivity index (χ2n) is 3.99. The number of hydrogen-bond donors (Lipinski definition) is 0. The van der Waals surface area contributed by atoms with E-state index >= 15 is 0 Å². The van der Waals surface area contributed by atoms with Crippen LogP contribution in [0.15, 0.2) is 47.1 Å². The standard InChI is InChI=1S/C14H7Cl2FN2O/c15-12-11(8-3-1-4-9(17)7-8)13(16)19-14(18-12)10-5-2-6-20-10/h1-7H. The average molecular weight is 309 g/mol. The van der Waals surface area contributed by atoms with Gasteiger partial charge in [0.2, 0.25) is 0 Å². The molecule has 0 fully saturated rings. The Bertz CT molecular complexity index is 737. The fourth-order valence-electron chi connectivity index (χ4n) is 1.81. The highest BCUT2D eigenvalue weighted by molar-refractivity contribution is 6.37. The third kappa shape index (κ3) is 2.40. The van der Waals surface area contributed by atoms with Gasteiger partial charge in [-0.05, 0) is 29.8 Å². The Kier molecular flexibility index (Phi) is 3.42. The van der Waals surface area contributed by atoms with Gasteiger partial charge < -0.3 is 4.42 Å². The smallest absolute Gasteiger partial charge is 0.198 e. The molecular weight excluding hydrogens is 302 g/mol. The van der Waals surface area contributed by atoms with E-state index in [4.69, 9.17) is 27.6 Å². The molecule has 0 radical (unpaired) electrons. The van der Waals surface area contributed by atoms with Crippen LogP contribution in [-0.4, -0.2) is 9.97 Å². The molecular formula is C14H7Cl2FN2O. The van der Waals surface area contributed by atoms with Gasteiger partial charge in [0.25, 0.3) is 0 Å². The summed E-state index contributed by atoms with van der Waals surface area (Å²) in [6.07, 6.45) is 1.50. The molecule has 3 rings (SSSR count). The topological polar surface area (TPSA) is 38.9 Å². The van der Waals surface area contributed by atoms with Gasteiger partial charge in [-0.25, -0.2) is 14.4 Å². The molecule has 0 aliphatic rings. The van der Waals surface area contributed by atoms with E-state index in [1.165, 1.54) is 18.4 Å². The molecule has 0 aliphatic carbocycles. The van der Waals surface area contributed by atoms with Crippen LogP contribution in [0.5, 0.6) is 0 Å². The highest BCUT2D eigenvalue weighted by atomic mass is 35.5. The van der Waals surface area contributed by atoms with Crippen molar-refractivity contribution < 1.29 is 8.81 Å².